The monoisotopic (exact) mass is 160 g/mol. The number of nitrogens with two attached hydrogens (primary N) is 1. The molecule has 1 aliphatic rings. The van der Waals surface area contributed by atoms with E-state index in [1.807, 2.05) is 20.9 Å². The molecule has 0 spiro atoms. The Morgan fingerprint density at radius 1 is 1.36 bits per heavy atom. The van der Waals surface area contributed by atoms with E-state index in [9.17, 15) is 4.79 Å². The molecular formula is C8H20N2O. The highest BCUT2D eigenvalue weighted by molar-refractivity contribution is 5.77. The van der Waals surface area contributed by atoms with Gasteiger partial charge in [0, 0.05) is 20.0 Å². The fourth-order valence-electron chi connectivity index (χ4n) is 0.783. The Bertz CT molecular complexity index is 94.1. The van der Waals surface area contributed by atoms with Gasteiger partial charge in [-0.25, -0.2) is 0 Å². The highest BCUT2D eigenvalue weighted by atomic mass is 16.2. The van der Waals surface area contributed by atoms with Crippen LogP contribution in [0.25, 0.3) is 0 Å². The molecule has 1 rings (SSSR count). The van der Waals surface area contributed by atoms with Crippen LogP contribution in [0.2, 0.25) is 0 Å². The van der Waals surface area contributed by atoms with Crippen LogP contribution in [0, 0.1) is 0 Å². The third-order valence-corrected chi connectivity index (χ3v) is 1.31. The van der Waals surface area contributed by atoms with Crippen molar-refractivity contribution in [3.8, 4) is 0 Å². The summed E-state index contributed by atoms with van der Waals surface area (Å²) < 4.78 is 0. The zero-order valence-corrected chi connectivity index (χ0v) is 8.05. The zero-order chi connectivity index (χ0) is 9.28. The zero-order valence-electron chi connectivity index (χ0n) is 8.05. The van der Waals surface area contributed by atoms with Crippen molar-refractivity contribution in [2.75, 3.05) is 20.6 Å². The number of carbonyl (C=O) groups excluding carboxylic acids is 1. The topological polar surface area (TPSA) is 46.3 Å². The fraction of sp³-hybridized carbons (Fsp3) is 0.875. The van der Waals surface area contributed by atoms with Gasteiger partial charge in [-0.3, -0.25) is 4.79 Å². The first-order valence-corrected chi connectivity index (χ1v) is 4.12. The maximum Gasteiger partial charge on any atom is 0.222 e. The number of amides is 1. The van der Waals surface area contributed by atoms with Crippen molar-refractivity contribution in [1.82, 2.24) is 4.90 Å². The van der Waals surface area contributed by atoms with Crippen molar-refractivity contribution in [3.05, 3.63) is 0 Å². The van der Waals surface area contributed by atoms with Gasteiger partial charge in [-0.2, -0.15) is 0 Å². The lowest BCUT2D eigenvalue weighted by molar-refractivity contribution is -0.126. The predicted octanol–water partition coefficient (Wildman–Crippen LogP) is 0.840. The van der Waals surface area contributed by atoms with Crippen LogP contribution in [0.3, 0.4) is 0 Å². The van der Waals surface area contributed by atoms with Gasteiger partial charge in [0.2, 0.25) is 5.91 Å². The number of nitrogens with zero attached hydrogens (tertiary/aromatic N) is 1. The summed E-state index contributed by atoms with van der Waals surface area (Å²) in [5, 5.41) is 0. The summed E-state index contributed by atoms with van der Waals surface area (Å²) in [7, 11) is 3.34. The molecule has 0 aromatic carbocycles. The van der Waals surface area contributed by atoms with Crippen molar-refractivity contribution in [1.29, 1.82) is 0 Å². The van der Waals surface area contributed by atoms with Crippen LogP contribution in [0.4, 0.5) is 0 Å². The van der Waals surface area contributed by atoms with Crippen molar-refractivity contribution >= 4 is 5.91 Å². The summed E-state index contributed by atoms with van der Waals surface area (Å²) in [4.78, 5) is 12.3. The van der Waals surface area contributed by atoms with Crippen molar-refractivity contribution in [3.63, 3.8) is 0 Å². The van der Waals surface area contributed by atoms with E-state index in [-0.39, 0.29) is 0 Å². The molecule has 0 unspecified atom stereocenters. The maximum absolute atomic E-state index is 10.5. The molecule has 0 atom stereocenters. The summed E-state index contributed by atoms with van der Waals surface area (Å²) in [6.07, 6.45) is 1.81. The molecule has 3 nitrogen and oxygen atoms in total. The number of carbonyl (C=O) groups is 1. The molecule has 0 bridgehead atoms. The predicted molar refractivity (Wildman–Crippen MR) is 48.3 cm³/mol. The van der Waals surface area contributed by atoms with E-state index in [1.165, 1.54) is 7.05 Å². The van der Waals surface area contributed by atoms with Gasteiger partial charge in [-0.1, -0.05) is 13.8 Å². The first-order valence-electron chi connectivity index (χ1n) is 4.12. The molecule has 0 aromatic rings. The molecule has 0 aliphatic carbocycles. The van der Waals surface area contributed by atoms with E-state index < -0.39 is 0 Å². The van der Waals surface area contributed by atoms with E-state index in [2.05, 4.69) is 5.73 Å². The van der Waals surface area contributed by atoms with Crippen molar-refractivity contribution < 1.29 is 4.79 Å². The fourth-order valence-corrected chi connectivity index (χ4v) is 0.783. The Kier molecular flexibility index (Phi) is 11.2. The van der Waals surface area contributed by atoms with E-state index in [0.717, 1.165) is 19.4 Å². The smallest absolute Gasteiger partial charge is 0.222 e. The molecule has 0 radical (unpaired) electrons. The highest BCUT2D eigenvalue weighted by Crippen LogP contribution is 2.04. The SMILES string of the molecule is CC.CN.CN1CCCC1=O. The average Bonchev–Trinajstić information content (AvgIpc) is 2.44. The Hall–Kier alpha value is -0.570. The molecule has 1 heterocycles. The summed E-state index contributed by atoms with van der Waals surface area (Å²) in [6, 6.07) is 0. The summed E-state index contributed by atoms with van der Waals surface area (Å²) in [5.41, 5.74) is 4.50. The first kappa shape index (κ1) is 13.1. The van der Waals surface area contributed by atoms with Gasteiger partial charge in [0.1, 0.15) is 0 Å². The second-order valence-electron chi connectivity index (χ2n) is 1.92. The van der Waals surface area contributed by atoms with Gasteiger partial charge >= 0.3 is 0 Å². The minimum atomic E-state index is 0.292. The standard InChI is InChI=1S/C5H9NO.C2H6.CH5N/c1-6-4-2-3-5(6)7;2*1-2/h2-4H2,1H3;1-2H3;2H2,1H3. The van der Waals surface area contributed by atoms with Gasteiger partial charge in [0.25, 0.3) is 0 Å². The molecule has 1 aliphatic heterocycles. The summed E-state index contributed by atoms with van der Waals surface area (Å²) in [5.74, 6) is 0.292. The molecular weight excluding hydrogens is 140 g/mol. The largest absolute Gasteiger partial charge is 0.346 e. The van der Waals surface area contributed by atoms with Crippen molar-refractivity contribution in [2.24, 2.45) is 5.73 Å². The van der Waals surface area contributed by atoms with Crippen LogP contribution in [0.15, 0.2) is 0 Å². The normalized spacial score (nSPS) is 14.6. The van der Waals surface area contributed by atoms with Gasteiger partial charge in [-0.05, 0) is 13.5 Å². The lowest BCUT2D eigenvalue weighted by atomic mass is 10.4. The van der Waals surface area contributed by atoms with E-state index in [4.69, 9.17) is 0 Å². The van der Waals surface area contributed by atoms with Crippen LogP contribution in [0.1, 0.15) is 26.7 Å². The van der Waals surface area contributed by atoms with Gasteiger partial charge in [0.05, 0.1) is 0 Å². The van der Waals surface area contributed by atoms with Gasteiger partial charge in [-0.15, -0.1) is 0 Å². The van der Waals surface area contributed by atoms with Crippen LogP contribution in [0.5, 0.6) is 0 Å². The van der Waals surface area contributed by atoms with Gasteiger partial charge in [0.15, 0.2) is 0 Å². The second kappa shape index (κ2) is 9.43. The first-order chi connectivity index (χ1) is 5.30. The number of hydrogen-bond acceptors (Lipinski definition) is 2. The second-order valence-corrected chi connectivity index (χ2v) is 1.92. The molecule has 3 heteroatoms. The third-order valence-electron chi connectivity index (χ3n) is 1.31. The molecule has 0 saturated carbocycles. The van der Waals surface area contributed by atoms with E-state index in [0.29, 0.717) is 5.91 Å². The lowest BCUT2D eigenvalue weighted by Crippen LogP contribution is -2.17. The summed E-state index contributed by atoms with van der Waals surface area (Å²) >= 11 is 0. The maximum atomic E-state index is 10.5. The van der Waals surface area contributed by atoms with Gasteiger partial charge < -0.3 is 10.6 Å². The van der Waals surface area contributed by atoms with Crippen LogP contribution in [-0.4, -0.2) is 31.4 Å². The molecule has 1 fully saturated rings. The van der Waals surface area contributed by atoms with Crippen molar-refractivity contribution in [2.45, 2.75) is 26.7 Å². The Morgan fingerprint density at radius 3 is 1.91 bits per heavy atom. The van der Waals surface area contributed by atoms with E-state index >= 15 is 0 Å². The Morgan fingerprint density at radius 2 is 1.82 bits per heavy atom. The Labute approximate surface area is 69.6 Å². The summed E-state index contributed by atoms with van der Waals surface area (Å²) in [6.45, 7) is 4.96. The molecule has 11 heavy (non-hydrogen) atoms. The number of rotatable bonds is 0. The highest BCUT2D eigenvalue weighted by Gasteiger charge is 2.14. The third kappa shape index (κ3) is 5.85. The van der Waals surface area contributed by atoms with E-state index in [1.54, 1.807) is 4.90 Å². The minimum Gasteiger partial charge on any atom is -0.346 e. The number of likely N-dealkylation sites (tertiary alicyclic amines) is 1. The lowest BCUT2D eigenvalue weighted by Gasteiger charge is -2.03. The molecule has 1 saturated heterocycles. The van der Waals surface area contributed by atoms with Crippen LogP contribution >= 0.6 is 0 Å². The number of hydrogen-bond donors (Lipinski definition) is 1. The molecule has 2 N–H and O–H groups in total. The van der Waals surface area contributed by atoms with Crippen LogP contribution < -0.4 is 5.73 Å². The molecule has 1 amide bonds. The minimum absolute atomic E-state index is 0.292. The van der Waals surface area contributed by atoms with Crippen LogP contribution in [-0.2, 0) is 4.79 Å². The molecule has 68 valence electrons. The average molecular weight is 160 g/mol. The Balaban J connectivity index is 0. The molecule has 0 aromatic heterocycles. The quantitative estimate of drug-likeness (QED) is 0.571.